The highest BCUT2D eigenvalue weighted by atomic mass is 16.5. The van der Waals surface area contributed by atoms with E-state index in [2.05, 4.69) is 10.3 Å². The molecule has 0 spiro atoms. The topological polar surface area (TPSA) is 68.3 Å². The van der Waals surface area contributed by atoms with Gasteiger partial charge in [-0.2, -0.15) is 0 Å². The molecule has 126 valence electrons. The van der Waals surface area contributed by atoms with Crippen LogP contribution in [0.15, 0.2) is 60.7 Å². The molecule has 25 heavy (non-hydrogen) atoms. The lowest BCUT2D eigenvalue weighted by molar-refractivity contribution is -0.122. The van der Waals surface area contributed by atoms with E-state index in [1.54, 1.807) is 37.3 Å². The van der Waals surface area contributed by atoms with Crippen LogP contribution in [0.5, 0.6) is 5.75 Å². The lowest BCUT2D eigenvalue weighted by Crippen LogP contribution is -2.30. The Balaban J connectivity index is 1.69. The van der Waals surface area contributed by atoms with E-state index in [9.17, 15) is 9.59 Å². The molecule has 3 rings (SSSR count). The first-order valence-electron chi connectivity index (χ1n) is 7.97. The van der Waals surface area contributed by atoms with Crippen LogP contribution >= 0.6 is 0 Å². The number of fused-ring (bicyclic) bond motifs is 1. The number of nitrogens with zero attached hydrogens (tertiary/aromatic N) is 1. The number of carbonyl (C=O) groups is 2. The van der Waals surface area contributed by atoms with E-state index in [1.165, 1.54) is 6.92 Å². The van der Waals surface area contributed by atoms with Gasteiger partial charge in [-0.15, -0.1) is 0 Å². The van der Waals surface area contributed by atoms with Crippen molar-refractivity contribution in [3.05, 3.63) is 66.2 Å². The van der Waals surface area contributed by atoms with Crippen molar-refractivity contribution in [3.63, 3.8) is 0 Å². The van der Waals surface area contributed by atoms with Crippen LogP contribution in [-0.2, 0) is 4.79 Å². The van der Waals surface area contributed by atoms with Crippen molar-refractivity contribution in [1.82, 2.24) is 4.98 Å². The molecule has 0 saturated carbocycles. The van der Waals surface area contributed by atoms with Crippen molar-refractivity contribution in [2.45, 2.75) is 20.0 Å². The second-order valence-electron chi connectivity index (χ2n) is 5.72. The van der Waals surface area contributed by atoms with Crippen molar-refractivity contribution in [2.75, 3.05) is 5.32 Å². The van der Waals surface area contributed by atoms with Gasteiger partial charge in [0, 0.05) is 10.9 Å². The zero-order valence-corrected chi connectivity index (χ0v) is 14.0. The zero-order valence-electron chi connectivity index (χ0n) is 14.0. The maximum Gasteiger partial charge on any atom is 0.266 e. The van der Waals surface area contributed by atoms with Crippen LogP contribution in [0.2, 0.25) is 0 Å². The summed E-state index contributed by atoms with van der Waals surface area (Å²) in [5.74, 6) is 0.581. The maximum absolute atomic E-state index is 12.3. The molecule has 5 heteroatoms. The summed E-state index contributed by atoms with van der Waals surface area (Å²) in [6.07, 6.45) is -0.726. The molecule has 1 heterocycles. The molecule has 5 nitrogen and oxygen atoms in total. The molecular weight excluding hydrogens is 316 g/mol. The molecule has 0 aliphatic heterocycles. The van der Waals surface area contributed by atoms with Crippen molar-refractivity contribution >= 4 is 28.4 Å². The van der Waals surface area contributed by atoms with Crippen molar-refractivity contribution in [2.24, 2.45) is 0 Å². The average molecular weight is 334 g/mol. The van der Waals surface area contributed by atoms with E-state index in [4.69, 9.17) is 4.74 Å². The highest BCUT2D eigenvalue weighted by molar-refractivity contribution is 5.95. The first-order chi connectivity index (χ1) is 12.0. The van der Waals surface area contributed by atoms with Crippen LogP contribution in [0.25, 0.3) is 10.9 Å². The van der Waals surface area contributed by atoms with Gasteiger partial charge in [-0.1, -0.05) is 30.3 Å². The molecule has 1 amide bonds. The van der Waals surface area contributed by atoms with Gasteiger partial charge in [0.2, 0.25) is 0 Å². The average Bonchev–Trinajstić information content (AvgIpc) is 2.61. The van der Waals surface area contributed by atoms with Gasteiger partial charge in [-0.25, -0.2) is 4.98 Å². The molecule has 0 saturated heterocycles. The number of ketones is 1. The Hall–Kier alpha value is -3.21. The fourth-order valence-corrected chi connectivity index (χ4v) is 2.41. The molecule has 1 N–H and O–H groups in total. The van der Waals surface area contributed by atoms with Gasteiger partial charge >= 0.3 is 0 Å². The minimum absolute atomic E-state index is 0.0529. The first-order valence-corrected chi connectivity index (χ1v) is 7.97. The SMILES string of the molecule is CC(=O)c1cccc(O[C@@H](C)C(=O)Nc2ccc3ccccc3n2)c1. The Morgan fingerprint density at radius 3 is 2.64 bits per heavy atom. The fraction of sp³-hybridized carbons (Fsp3) is 0.150. The molecule has 0 aliphatic carbocycles. The number of benzene rings is 2. The van der Waals surface area contributed by atoms with Gasteiger partial charge in [0.05, 0.1) is 5.52 Å². The van der Waals surface area contributed by atoms with Gasteiger partial charge in [-0.3, -0.25) is 9.59 Å². The van der Waals surface area contributed by atoms with Crippen molar-refractivity contribution in [3.8, 4) is 5.75 Å². The van der Waals surface area contributed by atoms with E-state index < -0.39 is 6.10 Å². The third-order valence-corrected chi connectivity index (χ3v) is 3.77. The molecule has 0 bridgehead atoms. The third kappa shape index (κ3) is 4.01. The summed E-state index contributed by atoms with van der Waals surface area (Å²) in [7, 11) is 0. The second-order valence-corrected chi connectivity index (χ2v) is 5.72. The minimum atomic E-state index is -0.726. The third-order valence-electron chi connectivity index (χ3n) is 3.77. The zero-order chi connectivity index (χ0) is 17.8. The lowest BCUT2D eigenvalue weighted by Gasteiger charge is -2.15. The van der Waals surface area contributed by atoms with Crippen molar-refractivity contribution in [1.29, 1.82) is 0 Å². The summed E-state index contributed by atoms with van der Waals surface area (Å²) in [6, 6.07) is 18.1. The van der Waals surface area contributed by atoms with Gasteiger partial charge in [-0.05, 0) is 44.2 Å². The monoisotopic (exact) mass is 334 g/mol. The smallest absolute Gasteiger partial charge is 0.266 e. The number of pyridine rings is 1. The number of Topliss-reactive ketones (excluding diaryl/α,β-unsaturated/α-hetero) is 1. The molecule has 1 aromatic heterocycles. The van der Waals surface area contributed by atoms with E-state index in [-0.39, 0.29) is 11.7 Å². The number of carbonyl (C=O) groups excluding carboxylic acids is 2. The predicted octanol–water partition coefficient (Wildman–Crippen LogP) is 3.84. The highest BCUT2D eigenvalue weighted by Gasteiger charge is 2.16. The lowest BCUT2D eigenvalue weighted by atomic mass is 10.1. The Morgan fingerprint density at radius 1 is 1.04 bits per heavy atom. The van der Waals surface area contributed by atoms with E-state index >= 15 is 0 Å². The van der Waals surface area contributed by atoms with Crippen LogP contribution in [-0.4, -0.2) is 22.8 Å². The summed E-state index contributed by atoms with van der Waals surface area (Å²) in [4.78, 5) is 28.2. The molecule has 0 unspecified atom stereocenters. The molecular formula is C20H18N2O3. The molecule has 1 atom stereocenters. The van der Waals surface area contributed by atoms with Gasteiger partial charge in [0.1, 0.15) is 11.6 Å². The first kappa shape index (κ1) is 16.6. The van der Waals surface area contributed by atoms with Gasteiger partial charge in [0.25, 0.3) is 5.91 Å². The number of hydrogen-bond donors (Lipinski definition) is 1. The number of hydrogen-bond acceptors (Lipinski definition) is 4. The Morgan fingerprint density at radius 2 is 1.84 bits per heavy atom. The summed E-state index contributed by atoms with van der Waals surface area (Å²) < 4.78 is 5.63. The minimum Gasteiger partial charge on any atom is -0.481 e. The van der Waals surface area contributed by atoms with Crippen LogP contribution in [0.1, 0.15) is 24.2 Å². The number of amides is 1. The van der Waals surface area contributed by atoms with E-state index in [1.807, 2.05) is 30.3 Å². The molecule has 0 radical (unpaired) electrons. The molecule has 2 aromatic carbocycles. The molecule has 0 aliphatic rings. The molecule has 0 fully saturated rings. The highest BCUT2D eigenvalue weighted by Crippen LogP contribution is 2.17. The number of para-hydroxylation sites is 1. The van der Waals surface area contributed by atoms with Crippen LogP contribution in [0, 0.1) is 0 Å². The molecule has 3 aromatic rings. The van der Waals surface area contributed by atoms with Gasteiger partial charge in [0.15, 0.2) is 11.9 Å². The summed E-state index contributed by atoms with van der Waals surface area (Å²) in [5.41, 5.74) is 1.35. The number of aromatic nitrogens is 1. The normalized spacial score (nSPS) is 11.8. The second kappa shape index (κ2) is 7.13. The maximum atomic E-state index is 12.3. The summed E-state index contributed by atoms with van der Waals surface area (Å²) in [5, 5.41) is 3.75. The van der Waals surface area contributed by atoms with Crippen LogP contribution in [0.3, 0.4) is 0 Å². The summed E-state index contributed by atoms with van der Waals surface area (Å²) >= 11 is 0. The Bertz CT molecular complexity index is 937. The quantitative estimate of drug-likeness (QED) is 0.720. The van der Waals surface area contributed by atoms with Crippen LogP contribution in [0.4, 0.5) is 5.82 Å². The van der Waals surface area contributed by atoms with E-state index in [0.29, 0.717) is 17.1 Å². The number of nitrogens with one attached hydrogen (secondary N) is 1. The summed E-state index contributed by atoms with van der Waals surface area (Å²) in [6.45, 7) is 3.14. The number of anilines is 1. The Labute approximate surface area is 145 Å². The number of rotatable bonds is 5. The van der Waals surface area contributed by atoms with Crippen LogP contribution < -0.4 is 10.1 Å². The largest absolute Gasteiger partial charge is 0.481 e. The van der Waals surface area contributed by atoms with Gasteiger partial charge < -0.3 is 10.1 Å². The Kier molecular flexibility index (Phi) is 4.75. The van der Waals surface area contributed by atoms with Crippen molar-refractivity contribution < 1.29 is 14.3 Å². The standard InChI is InChI=1S/C20H18N2O3/c1-13(23)16-7-5-8-17(12-16)25-14(2)20(24)22-19-11-10-15-6-3-4-9-18(15)21-19/h3-12,14H,1-2H3,(H,21,22,24)/t14-/m0/s1. The fourth-order valence-electron chi connectivity index (χ4n) is 2.41. The predicted molar refractivity (Wildman–Crippen MR) is 96.9 cm³/mol. The van der Waals surface area contributed by atoms with E-state index in [0.717, 1.165) is 10.9 Å². The number of ether oxygens (including phenoxy) is 1.